The van der Waals surface area contributed by atoms with Gasteiger partial charge in [0.2, 0.25) is 0 Å². The van der Waals surface area contributed by atoms with E-state index in [9.17, 15) is 9.59 Å². The van der Waals surface area contributed by atoms with E-state index < -0.39 is 11.7 Å². The number of hydrogen-bond donors (Lipinski definition) is 0. The standard InChI is InChI=1S/C26H37N5O4S/c1-17(2)21(16-30(7)25(33)35-26(3,4)5)34-19-11-9-10-18(14-19)31-13-12-29(6)22-20(23(31)32)15-27-24(28-22)36-8/h9-11,14-15,17,21H,12-13,16H2,1-8H3. The summed E-state index contributed by atoms with van der Waals surface area (Å²) in [6.07, 6.45) is 2.86. The van der Waals surface area contributed by atoms with Gasteiger partial charge in [0.25, 0.3) is 5.91 Å². The van der Waals surface area contributed by atoms with Gasteiger partial charge in [0.15, 0.2) is 5.16 Å². The first kappa shape index (κ1) is 27.6. The van der Waals surface area contributed by atoms with Crippen molar-refractivity contribution in [2.45, 2.75) is 51.5 Å². The molecule has 2 heterocycles. The van der Waals surface area contributed by atoms with Gasteiger partial charge in [0, 0.05) is 45.1 Å². The molecule has 0 saturated heterocycles. The number of fused-ring (bicyclic) bond motifs is 1. The summed E-state index contributed by atoms with van der Waals surface area (Å²) < 4.78 is 11.8. The van der Waals surface area contributed by atoms with Crippen LogP contribution in [0.1, 0.15) is 45.0 Å². The molecule has 9 nitrogen and oxygen atoms in total. The first-order valence-corrected chi connectivity index (χ1v) is 13.3. The molecule has 0 saturated carbocycles. The molecule has 10 heteroatoms. The van der Waals surface area contributed by atoms with Crippen LogP contribution in [0.15, 0.2) is 35.6 Å². The smallest absolute Gasteiger partial charge is 0.410 e. The Labute approximate surface area is 218 Å². The molecule has 1 aromatic heterocycles. The fraction of sp³-hybridized carbons (Fsp3) is 0.538. The topological polar surface area (TPSA) is 88.1 Å². The van der Waals surface area contributed by atoms with Gasteiger partial charge in [0.05, 0.1) is 6.54 Å². The van der Waals surface area contributed by atoms with Crippen LogP contribution in [0.5, 0.6) is 5.75 Å². The number of anilines is 2. The van der Waals surface area contributed by atoms with Crippen LogP contribution in [0, 0.1) is 5.92 Å². The van der Waals surface area contributed by atoms with Crippen molar-refractivity contribution in [3.63, 3.8) is 0 Å². The van der Waals surface area contributed by atoms with Crippen LogP contribution in [0.25, 0.3) is 0 Å². The van der Waals surface area contributed by atoms with Crippen LogP contribution in [0.4, 0.5) is 16.3 Å². The average molecular weight is 516 g/mol. The number of carbonyl (C=O) groups is 2. The summed E-state index contributed by atoms with van der Waals surface area (Å²) in [5.74, 6) is 1.26. The third-order valence-corrected chi connectivity index (χ3v) is 6.31. The second kappa shape index (κ2) is 11.4. The minimum absolute atomic E-state index is 0.140. The lowest BCUT2D eigenvalue weighted by atomic mass is 10.1. The largest absolute Gasteiger partial charge is 0.488 e. The lowest BCUT2D eigenvalue weighted by molar-refractivity contribution is 0.0191. The van der Waals surface area contributed by atoms with Gasteiger partial charge in [-0.25, -0.2) is 14.8 Å². The van der Waals surface area contributed by atoms with Gasteiger partial charge in [-0.1, -0.05) is 31.7 Å². The van der Waals surface area contributed by atoms with E-state index >= 15 is 0 Å². The van der Waals surface area contributed by atoms with E-state index in [4.69, 9.17) is 9.47 Å². The molecule has 0 bridgehead atoms. The van der Waals surface area contributed by atoms with Gasteiger partial charge in [-0.05, 0) is 45.1 Å². The van der Waals surface area contributed by atoms with Crippen molar-refractivity contribution in [1.29, 1.82) is 0 Å². The Morgan fingerprint density at radius 2 is 1.97 bits per heavy atom. The van der Waals surface area contributed by atoms with Gasteiger partial charge in [-0.3, -0.25) is 4.79 Å². The monoisotopic (exact) mass is 515 g/mol. The average Bonchev–Trinajstić information content (AvgIpc) is 2.93. The number of thioether (sulfide) groups is 1. The molecule has 36 heavy (non-hydrogen) atoms. The Morgan fingerprint density at radius 1 is 1.25 bits per heavy atom. The highest BCUT2D eigenvalue weighted by atomic mass is 32.2. The van der Waals surface area contributed by atoms with E-state index in [1.54, 1.807) is 18.1 Å². The maximum atomic E-state index is 13.5. The van der Waals surface area contributed by atoms with Gasteiger partial charge in [-0.15, -0.1) is 0 Å². The van der Waals surface area contributed by atoms with Crippen LogP contribution >= 0.6 is 11.8 Å². The molecule has 0 spiro atoms. The number of ether oxygens (including phenoxy) is 2. The zero-order chi connectivity index (χ0) is 26.6. The molecule has 0 N–H and O–H groups in total. The van der Waals surface area contributed by atoms with Crippen LogP contribution in [-0.2, 0) is 4.74 Å². The predicted octanol–water partition coefficient (Wildman–Crippen LogP) is 4.57. The third kappa shape index (κ3) is 6.81. The van der Waals surface area contributed by atoms with E-state index in [0.717, 1.165) is 5.69 Å². The minimum Gasteiger partial charge on any atom is -0.488 e. The summed E-state index contributed by atoms with van der Waals surface area (Å²) in [6.45, 7) is 11.1. The van der Waals surface area contributed by atoms with Crippen molar-refractivity contribution in [3.05, 3.63) is 36.0 Å². The molecular weight excluding hydrogens is 478 g/mol. The normalized spacial score (nSPS) is 14.9. The second-order valence-electron chi connectivity index (χ2n) is 10.2. The van der Waals surface area contributed by atoms with Crippen molar-refractivity contribution >= 4 is 35.3 Å². The number of amides is 2. The summed E-state index contributed by atoms with van der Waals surface area (Å²) >= 11 is 1.44. The van der Waals surface area contributed by atoms with Gasteiger partial charge in [0.1, 0.15) is 28.8 Å². The molecule has 2 amide bonds. The van der Waals surface area contributed by atoms with Crippen molar-refractivity contribution in [1.82, 2.24) is 14.9 Å². The highest BCUT2D eigenvalue weighted by Crippen LogP contribution is 2.29. The highest BCUT2D eigenvalue weighted by molar-refractivity contribution is 7.98. The summed E-state index contributed by atoms with van der Waals surface area (Å²) in [4.78, 5) is 40.0. The Bertz CT molecular complexity index is 1090. The fourth-order valence-electron chi connectivity index (χ4n) is 3.71. The fourth-order valence-corrected chi connectivity index (χ4v) is 4.05. The van der Waals surface area contributed by atoms with E-state index in [1.165, 1.54) is 16.7 Å². The second-order valence-corrected chi connectivity index (χ2v) is 11.0. The Kier molecular flexibility index (Phi) is 8.71. The number of hydrogen-bond acceptors (Lipinski definition) is 8. The minimum atomic E-state index is -0.567. The van der Waals surface area contributed by atoms with Crippen LogP contribution in [-0.4, -0.2) is 78.6 Å². The summed E-state index contributed by atoms with van der Waals surface area (Å²) in [6, 6.07) is 7.49. The molecule has 1 unspecified atom stereocenters. The van der Waals surface area contributed by atoms with Gasteiger partial charge >= 0.3 is 6.09 Å². The van der Waals surface area contributed by atoms with Crippen molar-refractivity contribution < 1.29 is 19.1 Å². The Morgan fingerprint density at radius 3 is 2.61 bits per heavy atom. The molecular formula is C26H37N5O4S. The number of nitrogens with zero attached hydrogens (tertiary/aromatic N) is 5. The SMILES string of the molecule is CSc1ncc2c(n1)N(C)CCN(c1cccc(OC(CN(C)C(=O)OC(C)(C)C)C(C)C)c1)C2=O. The molecule has 0 radical (unpaired) electrons. The summed E-state index contributed by atoms with van der Waals surface area (Å²) in [5, 5.41) is 0.633. The summed E-state index contributed by atoms with van der Waals surface area (Å²) in [5.41, 5.74) is 0.635. The summed E-state index contributed by atoms with van der Waals surface area (Å²) in [7, 11) is 3.64. The van der Waals surface area contributed by atoms with E-state index in [-0.39, 0.29) is 17.9 Å². The quantitative estimate of drug-likeness (QED) is 0.392. The molecule has 3 rings (SSSR count). The number of aromatic nitrogens is 2. The van der Waals surface area contributed by atoms with Crippen LogP contribution in [0.2, 0.25) is 0 Å². The zero-order valence-corrected chi connectivity index (χ0v) is 23.3. The van der Waals surface area contributed by atoms with Crippen molar-refractivity contribution in [2.24, 2.45) is 5.92 Å². The molecule has 0 aliphatic carbocycles. The number of carbonyl (C=O) groups excluding carboxylic acids is 2. The van der Waals surface area contributed by atoms with E-state index in [2.05, 4.69) is 9.97 Å². The first-order chi connectivity index (χ1) is 16.9. The number of rotatable bonds is 7. The van der Waals surface area contributed by atoms with E-state index in [1.807, 2.05) is 77.1 Å². The Balaban J connectivity index is 1.80. The third-order valence-electron chi connectivity index (χ3n) is 5.74. The van der Waals surface area contributed by atoms with Crippen molar-refractivity contribution in [3.8, 4) is 5.75 Å². The highest BCUT2D eigenvalue weighted by Gasteiger charge is 2.29. The van der Waals surface area contributed by atoms with Crippen LogP contribution in [0.3, 0.4) is 0 Å². The van der Waals surface area contributed by atoms with Crippen LogP contribution < -0.4 is 14.5 Å². The molecule has 1 aliphatic heterocycles. The van der Waals surface area contributed by atoms with Gasteiger partial charge < -0.3 is 24.2 Å². The zero-order valence-electron chi connectivity index (χ0n) is 22.4. The maximum absolute atomic E-state index is 13.5. The van der Waals surface area contributed by atoms with Crippen molar-refractivity contribution in [2.75, 3.05) is 49.8 Å². The molecule has 0 fully saturated rings. The molecule has 196 valence electrons. The predicted molar refractivity (Wildman–Crippen MR) is 143 cm³/mol. The Hall–Kier alpha value is -3.01. The van der Waals surface area contributed by atoms with Gasteiger partial charge in [-0.2, -0.15) is 0 Å². The first-order valence-electron chi connectivity index (χ1n) is 12.0. The number of benzene rings is 1. The molecule has 1 aromatic carbocycles. The number of likely N-dealkylation sites (N-methyl/N-ethyl adjacent to an activating group) is 2. The molecule has 2 aromatic rings. The lowest BCUT2D eigenvalue weighted by Gasteiger charge is -2.30. The molecule has 1 atom stereocenters. The maximum Gasteiger partial charge on any atom is 0.410 e. The lowest BCUT2D eigenvalue weighted by Crippen LogP contribution is -2.42. The molecule has 1 aliphatic rings. The van der Waals surface area contributed by atoms with E-state index in [0.29, 0.717) is 41.9 Å².